The summed E-state index contributed by atoms with van der Waals surface area (Å²) in [5.74, 6) is -1.70. The summed E-state index contributed by atoms with van der Waals surface area (Å²) in [6, 6.07) is 1.43. The van der Waals surface area contributed by atoms with Crippen molar-refractivity contribution in [3.8, 4) is 0 Å². The molecule has 0 saturated heterocycles. The molecular formula is C14H18BrFN2O4S. The molecule has 0 heterocycles. The van der Waals surface area contributed by atoms with Crippen molar-refractivity contribution >= 4 is 45.4 Å². The molecule has 128 valence electrons. The van der Waals surface area contributed by atoms with Crippen molar-refractivity contribution in [2.45, 2.75) is 37.3 Å². The molecule has 1 rings (SSSR count). The number of alkyl carbamates (subject to hydrolysis) is 1. The van der Waals surface area contributed by atoms with Crippen LogP contribution in [-0.2, 0) is 9.53 Å². The Morgan fingerprint density at radius 3 is 2.61 bits per heavy atom. The second-order valence-electron chi connectivity index (χ2n) is 5.65. The third-order valence-electron chi connectivity index (χ3n) is 2.45. The molecule has 1 aromatic carbocycles. The zero-order valence-corrected chi connectivity index (χ0v) is 15.3. The number of amides is 1. The number of ether oxygens (including phenoxy) is 1. The fourth-order valence-corrected chi connectivity index (χ4v) is 2.96. The summed E-state index contributed by atoms with van der Waals surface area (Å²) in [7, 11) is 0. The van der Waals surface area contributed by atoms with Gasteiger partial charge in [-0.25, -0.2) is 14.0 Å². The number of nitrogens with one attached hydrogen (secondary N) is 1. The molecule has 0 saturated carbocycles. The molecule has 0 bridgehead atoms. The molecule has 0 aliphatic rings. The Bertz CT molecular complexity index is 607. The van der Waals surface area contributed by atoms with Crippen LogP contribution in [-0.4, -0.2) is 34.6 Å². The van der Waals surface area contributed by atoms with Crippen LogP contribution in [0.15, 0.2) is 21.5 Å². The van der Waals surface area contributed by atoms with Crippen molar-refractivity contribution in [2.24, 2.45) is 0 Å². The summed E-state index contributed by atoms with van der Waals surface area (Å²) in [5.41, 5.74) is 5.16. The number of carbonyl (C=O) groups is 2. The predicted octanol–water partition coefficient (Wildman–Crippen LogP) is 3.24. The minimum atomic E-state index is -1.21. The lowest BCUT2D eigenvalue weighted by atomic mass is 10.2. The minimum absolute atomic E-state index is 0.0108. The highest BCUT2D eigenvalue weighted by molar-refractivity contribution is 9.10. The molecule has 0 fully saturated rings. The van der Waals surface area contributed by atoms with Gasteiger partial charge in [-0.1, -0.05) is 0 Å². The van der Waals surface area contributed by atoms with Gasteiger partial charge in [0.25, 0.3) is 0 Å². The van der Waals surface area contributed by atoms with Crippen LogP contribution in [0.4, 0.5) is 14.9 Å². The van der Waals surface area contributed by atoms with Crippen LogP contribution in [0.5, 0.6) is 0 Å². The van der Waals surface area contributed by atoms with Crippen molar-refractivity contribution in [1.82, 2.24) is 5.32 Å². The number of nitrogens with two attached hydrogens (primary N) is 1. The van der Waals surface area contributed by atoms with E-state index in [0.29, 0.717) is 4.90 Å². The van der Waals surface area contributed by atoms with Crippen LogP contribution in [0.25, 0.3) is 0 Å². The van der Waals surface area contributed by atoms with Gasteiger partial charge in [0.1, 0.15) is 17.5 Å². The molecule has 1 aromatic rings. The van der Waals surface area contributed by atoms with Gasteiger partial charge in [0.05, 0.1) is 4.47 Å². The lowest BCUT2D eigenvalue weighted by Gasteiger charge is -2.22. The van der Waals surface area contributed by atoms with Gasteiger partial charge in [-0.3, -0.25) is 0 Å². The van der Waals surface area contributed by atoms with Crippen LogP contribution in [0, 0.1) is 5.82 Å². The summed E-state index contributed by atoms with van der Waals surface area (Å²) >= 11 is 4.13. The Balaban J connectivity index is 2.73. The van der Waals surface area contributed by atoms with Crippen LogP contribution in [0.1, 0.15) is 20.8 Å². The van der Waals surface area contributed by atoms with Gasteiger partial charge >= 0.3 is 12.1 Å². The monoisotopic (exact) mass is 408 g/mol. The number of halogens is 2. The maximum absolute atomic E-state index is 13.3. The van der Waals surface area contributed by atoms with E-state index in [1.54, 1.807) is 20.8 Å². The quantitative estimate of drug-likeness (QED) is 0.510. The molecule has 0 spiro atoms. The molecule has 0 aliphatic carbocycles. The number of thioether (sulfide) groups is 1. The maximum Gasteiger partial charge on any atom is 0.408 e. The van der Waals surface area contributed by atoms with E-state index < -0.39 is 29.5 Å². The van der Waals surface area contributed by atoms with Crippen molar-refractivity contribution < 1.29 is 23.8 Å². The van der Waals surface area contributed by atoms with E-state index in [9.17, 15) is 19.1 Å². The average molecular weight is 409 g/mol. The van der Waals surface area contributed by atoms with E-state index in [1.165, 1.54) is 6.07 Å². The SMILES string of the molecule is CC(C)(C)OC(=O)N[C@@H](CSc1cc(Br)c(F)cc1N)C(=O)O. The van der Waals surface area contributed by atoms with Gasteiger partial charge in [0.15, 0.2) is 0 Å². The Hall–Kier alpha value is -1.48. The first-order valence-corrected chi connectivity index (χ1v) is 8.37. The summed E-state index contributed by atoms with van der Waals surface area (Å²) in [5, 5.41) is 11.5. The van der Waals surface area contributed by atoms with E-state index in [0.717, 1.165) is 17.8 Å². The Kier molecular flexibility index (Phi) is 6.69. The van der Waals surface area contributed by atoms with Gasteiger partial charge < -0.3 is 20.9 Å². The molecule has 4 N–H and O–H groups in total. The normalized spacial score (nSPS) is 12.6. The van der Waals surface area contributed by atoms with Crippen LogP contribution >= 0.6 is 27.7 Å². The standard InChI is InChI=1S/C14H18BrFN2O4S/c1-14(2,3)22-13(21)18-10(12(19)20)6-23-11-4-7(15)8(16)5-9(11)17/h4-5,10H,6,17H2,1-3H3,(H,18,21)(H,19,20)/t10-/m0/s1. The van der Waals surface area contributed by atoms with Crippen molar-refractivity contribution in [3.63, 3.8) is 0 Å². The lowest BCUT2D eigenvalue weighted by molar-refractivity contribution is -0.138. The fraction of sp³-hybridized carbons (Fsp3) is 0.429. The van der Waals surface area contributed by atoms with E-state index in [-0.39, 0.29) is 15.9 Å². The number of hydrogen-bond acceptors (Lipinski definition) is 5. The first kappa shape index (κ1) is 19.6. The summed E-state index contributed by atoms with van der Waals surface area (Å²) < 4.78 is 18.6. The number of benzene rings is 1. The van der Waals surface area contributed by atoms with Crippen molar-refractivity contribution in [1.29, 1.82) is 0 Å². The molecule has 9 heteroatoms. The average Bonchev–Trinajstić information content (AvgIpc) is 2.37. The number of rotatable bonds is 5. The number of aliphatic carboxylic acids is 1. The highest BCUT2D eigenvalue weighted by Gasteiger charge is 2.24. The molecule has 1 amide bonds. The Morgan fingerprint density at radius 1 is 1.48 bits per heavy atom. The van der Waals surface area contributed by atoms with E-state index in [2.05, 4.69) is 21.2 Å². The summed E-state index contributed by atoms with van der Waals surface area (Å²) in [6.45, 7) is 5.02. The minimum Gasteiger partial charge on any atom is -0.480 e. The second-order valence-corrected chi connectivity index (χ2v) is 7.57. The van der Waals surface area contributed by atoms with Crippen LogP contribution in [0.2, 0.25) is 0 Å². The van der Waals surface area contributed by atoms with Gasteiger partial charge in [0.2, 0.25) is 0 Å². The van der Waals surface area contributed by atoms with Crippen molar-refractivity contribution in [2.75, 3.05) is 11.5 Å². The number of carboxylic acid groups (broad SMARTS) is 1. The van der Waals surface area contributed by atoms with Crippen LogP contribution in [0.3, 0.4) is 0 Å². The highest BCUT2D eigenvalue weighted by atomic mass is 79.9. The van der Waals surface area contributed by atoms with E-state index in [4.69, 9.17) is 10.5 Å². The third kappa shape index (κ3) is 6.66. The molecule has 1 atom stereocenters. The zero-order chi connectivity index (χ0) is 17.8. The smallest absolute Gasteiger partial charge is 0.408 e. The molecule has 23 heavy (non-hydrogen) atoms. The molecular weight excluding hydrogens is 391 g/mol. The van der Waals surface area contributed by atoms with E-state index >= 15 is 0 Å². The molecule has 6 nitrogen and oxygen atoms in total. The first-order chi connectivity index (χ1) is 10.5. The largest absolute Gasteiger partial charge is 0.480 e. The molecule has 0 unspecified atom stereocenters. The van der Waals surface area contributed by atoms with Crippen LogP contribution < -0.4 is 11.1 Å². The van der Waals surface area contributed by atoms with Gasteiger partial charge in [-0.2, -0.15) is 0 Å². The Labute approximate surface area is 146 Å². The Morgan fingerprint density at radius 2 is 2.09 bits per heavy atom. The number of nitrogen functional groups attached to an aromatic ring is 1. The van der Waals surface area contributed by atoms with Crippen molar-refractivity contribution in [3.05, 3.63) is 22.4 Å². The summed E-state index contributed by atoms with van der Waals surface area (Å²) in [6.07, 6.45) is -0.821. The fourth-order valence-electron chi connectivity index (χ4n) is 1.47. The first-order valence-electron chi connectivity index (χ1n) is 6.59. The number of hydrogen-bond donors (Lipinski definition) is 3. The molecule has 0 radical (unpaired) electrons. The zero-order valence-electron chi connectivity index (χ0n) is 12.9. The predicted molar refractivity (Wildman–Crippen MR) is 90.0 cm³/mol. The number of carboxylic acids is 1. The van der Waals surface area contributed by atoms with Gasteiger partial charge in [0, 0.05) is 16.3 Å². The third-order valence-corrected chi connectivity index (χ3v) is 4.22. The number of anilines is 1. The molecule has 0 aliphatic heterocycles. The van der Waals surface area contributed by atoms with Gasteiger partial charge in [-0.05, 0) is 48.8 Å². The van der Waals surface area contributed by atoms with Gasteiger partial charge in [-0.15, -0.1) is 11.8 Å². The second kappa shape index (κ2) is 7.87. The molecule has 0 aromatic heterocycles. The number of carbonyl (C=O) groups excluding carboxylic acids is 1. The summed E-state index contributed by atoms with van der Waals surface area (Å²) in [4.78, 5) is 23.4. The highest BCUT2D eigenvalue weighted by Crippen LogP contribution is 2.30. The van der Waals surface area contributed by atoms with E-state index in [1.807, 2.05) is 0 Å². The lowest BCUT2D eigenvalue weighted by Crippen LogP contribution is -2.44. The topological polar surface area (TPSA) is 102 Å². The maximum atomic E-state index is 13.3.